The third-order valence-corrected chi connectivity index (χ3v) is 4.15. The number of aryl methyl sites for hydroxylation is 1. The van der Waals surface area contributed by atoms with Gasteiger partial charge in [-0.2, -0.15) is 5.10 Å². The second-order valence-corrected chi connectivity index (χ2v) is 6.48. The Morgan fingerprint density at radius 2 is 1.88 bits per heavy atom. The molecule has 0 bridgehead atoms. The lowest BCUT2D eigenvalue weighted by molar-refractivity contribution is 0.0941. The van der Waals surface area contributed by atoms with E-state index in [-0.39, 0.29) is 23.8 Å². The van der Waals surface area contributed by atoms with E-state index in [0.29, 0.717) is 11.2 Å². The van der Waals surface area contributed by atoms with Crippen molar-refractivity contribution in [2.24, 2.45) is 0 Å². The van der Waals surface area contributed by atoms with Crippen molar-refractivity contribution in [3.05, 3.63) is 59.2 Å². The standard InChI is InChI=1S/C19H21FN4O/c1-11(2)24-18-17(10-21-24)16(9-12(3)22-18)19(25)23-13(4)14-5-7-15(20)8-6-14/h5-11,13H,1-4H3,(H,23,25)/t13-/m1/s1. The van der Waals surface area contributed by atoms with Crippen molar-refractivity contribution in [2.45, 2.75) is 39.8 Å². The van der Waals surface area contributed by atoms with E-state index < -0.39 is 0 Å². The Kier molecular flexibility index (Phi) is 4.53. The molecule has 0 aliphatic rings. The summed E-state index contributed by atoms with van der Waals surface area (Å²) < 4.78 is 14.9. The Bertz CT molecular complexity index is 915. The maximum Gasteiger partial charge on any atom is 0.252 e. The van der Waals surface area contributed by atoms with Gasteiger partial charge in [-0.1, -0.05) is 12.1 Å². The zero-order valence-electron chi connectivity index (χ0n) is 14.7. The van der Waals surface area contributed by atoms with Gasteiger partial charge in [-0.25, -0.2) is 14.1 Å². The molecule has 6 heteroatoms. The number of fused-ring (bicyclic) bond motifs is 1. The van der Waals surface area contributed by atoms with Crippen LogP contribution >= 0.6 is 0 Å². The van der Waals surface area contributed by atoms with Crippen molar-refractivity contribution in [3.8, 4) is 0 Å². The number of pyridine rings is 1. The first-order valence-electron chi connectivity index (χ1n) is 8.28. The largest absolute Gasteiger partial charge is 0.345 e. The number of hydrogen-bond acceptors (Lipinski definition) is 3. The molecule has 0 aliphatic heterocycles. The van der Waals surface area contributed by atoms with Gasteiger partial charge < -0.3 is 5.32 Å². The van der Waals surface area contributed by atoms with Crippen LogP contribution in [0.1, 0.15) is 54.5 Å². The number of halogens is 1. The average molecular weight is 340 g/mol. The maximum atomic E-state index is 13.1. The van der Waals surface area contributed by atoms with Gasteiger partial charge in [0, 0.05) is 11.7 Å². The Hall–Kier alpha value is -2.76. The molecule has 1 aromatic carbocycles. The number of carbonyl (C=O) groups is 1. The van der Waals surface area contributed by atoms with E-state index >= 15 is 0 Å². The first-order chi connectivity index (χ1) is 11.9. The van der Waals surface area contributed by atoms with Crippen molar-refractivity contribution in [1.29, 1.82) is 0 Å². The van der Waals surface area contributed by atoms with E-state index in [2.05, 4.69) is 15.4 Å². The number of hydrogen-bond donors (Lipinski definition) is 1. The van der Waals surface area contributed by atoms with Crippen LogP contribution in [-0.4, -0.2) is 20.7 Å². The SMILES string of the molecule is Cc1cc(C(=O)N[C@H](C)c2ccc(F)cc2)c2cnn(C(C)C)c2n1. The molecule has 0 aliphatic carbocycles. The Morgan fingerprint density at radius 1 is 1.20 bits per heavy atom. The van der Waals surface area contributed by atoms with Crippen LogP contribution in [0.2, 0.25) is 0 Å². The van der Waals surface area contributed by atoms with Crippen LogP contribution < -0.4 is 5.32 Å². The maximum absolute atomic E-state index is 13.1. The van der Waals surface area contributed by atoms with Gasteiger partial charge in [-0.05, 0) is 51.5 Å². The number of nitrogens with zero attached hydrogens (tertiary/aromatic N) is 3. The first kappa shape index (κ1) is 17.1. The average Bonchev–Trinajstić information content (AvgIpc) is 2.98. The number of aromatic nitrogens is 3. The quantitative estimate of drug-likeness (QED) is 0.782. The van der Waals surface area contributed by atoms with Gasteiger partial charge in [0.15, 0.2) is 5.65 Å². The molecule has 3 rings (SSSR count). The minimum Gasteiger partial charge on any atom is -0.345 e. The van der Waals surface area contributed by atoms with Crippen LogP contribution in [-0.2, 0) is 0 Å². The molecule has 1 amide bonds. The summed E-state index contributed by atoms with van der Waals surface area (Å²) in [5.74, 6) is -0.495. The second kappa shape index (κ2) is 6.63. The molecule has 1 N–H and O–H groups in total. The second-order valence-electron chi connectivity index (χ2n) is 6.48. The summed E-state index contributed by atoms with van der Waals surface area (Å²) in [5.41, 5.74) is 2.85. The van der Waals surface area contributed by atoms with Crippen LogP contribution in [0.3, 0.4) is 0 Å². The first-order valence-corrected chi connectivity index (χ1v) is 8.28. The Labute approximate surface area is 145 Å². The van der Waals surface area contributed by atoms with E-state index in [9.17, 15) is 9.18 Å². The van der Waals surface area contributed by atoms with Crippen LogP contribution in [0.15, 0.2) is 36.5 Å². The van der Waals surface area contributed by atoms with Crippen molar-refractivity contribution >= 4 is 16.9 Å². The van der Waals surface area contributed by atoms with E-state index in [1.54, 1.807) is 24.4 Å². The van der Waals surface area contributed by atoms with Gasteiger partial charge >= 0.3 is 0 Å². The fraction of sp³-hybridized carbons (Fsp3) is 0.316. The molecule has 0 radical (unpaired) electrons. The van der Waals surface area contributed by atoms with Crippen LogP contribution in [0.5, 0.6) is 0 Å². The fourth-order valence-electron chi connectivity index (χ4n) is 2.82. The Morgan fingerprint density at radius 3 is 2.52 bits per heavy atom. The fourth-order valence-corrected chi connectivity index (χ4v) is 2.82. The van der Waals surface area contributed by atoms with Crippen molar-refractivity contribution < 1.29 is 9.18 Å². The molecule has 2 aromatic heterocycles. The highest BCUT2D eigenvalue weighted by Crippen LogP contribution is 2.22. The number of carbonyl (C=O) groups excluding carboxylic acids is 1. The summed E-state index contributed by atoms with van der Waals surface area (Å²) >= 11 is 0. The van der Waals surface area contributed by atoms with Crippen LogP contribution in [0.25, 0.3) is 11.0 Å². The number of benzene rings is 1. The molecular weight excluding hydrogens is 319 g/mol. The molecule has 0 saturated carbocycles. The lowest BCUT2D eigenvalue weighted by atomic mass is 10.1. The highest BCUT2D eigenvalue weighted by Gasteiger charge is 2.18. The molecule has 5 nitrogen and oxygen atoms in total. The third kappa shape index (κ3) is 3.38. The summed E-state index contributed by atoms with van der Waals surface area (Å²) in [7, 11) is 0. The highest BCUT2D eigenvalue weighted by molar-refractivity contribution is 6.05. The van der Waals surface area contributed by atoms with Crippen molar-refractivity contribution in [1.82, 2.24) is 20.1 Å². The van der Waals surface area contributed by atoms with Gasteiger partial charge in [0.05, 0.1) is 23.2 Å². The predicted octanol–water partition coefficient (Wildman–Crippen LogP) is 3.95. The molecule has 25 heavy (non-hydrogen) atoms. The van der Waals surface area contributed by atoms with E-state index in [0.717, 1.165) is 16.6 Å². The smallest absolute Gasteiger partial charge is 0.252 e. The molecule has 0 fully saturated rings. The molecule has 2 heterocycles. The zero-order valence-corrected chi connectivity index (χ0v) is 14.7. The molecular formula is C19H21FN4O. The van der Waals surface area contributed by atoms with Crippen LogP contribution in [0, 0.1) is 12.7 Å². The molecule has 0 unspecified atom stereocenters. The molecule has 3 aromatic rings. The van der Waals surface area contributed by atoms with E-state index in [1.807, 2.05) is 32.4 Å². The van der Waals surface area contributed by atoms with Crippen molar-refractivity contribution in [3.63, 3.8) is 0 Å². The lowest BCUT2D eigenvalue weighted by Crippen LogP contribution is -2.27. The normalized spacial score (nSPS) is 12.6. The number of rotatable bonds is 4. The monoisotopic (exact) mass is 340 g/mol. The van der Waals surface area contributed by atoms with Gasteiger partial charge in [-0.15, -0.1) is 0 Å². The van der Waals surface area contributed by atoms with Crippen molar-refractivity contribution in [2.75, 3.05) is 0 Å². The minimum atomic E-state index is -0.296. The van der Waals surface area contributed by atoms with Gasteiger partial charge in [0.1, 0.15) is 5.82 Å². The lowest BCUT2D eigenvalue weighted by Gasteiger charge is -2.15. The number of nitrogens with one attached hydrogen (secondary N) is 1. The predicted molar refractivity (Wildman–Crippen MR) is 94.9 cm³/mol. The van der Waals surface area contributed by atoms with Gasteiger partial charge in [-0.3, -0.25) is 4.79 Å². The zero-order chi connectivity index (χ0) is 18.1. The minimum absolute atomic E-state index is 0.154. The summed E-state index contributed by atoms with van der Waals surface area (Å²) in [4.78, 5) is 17.3. The topological polar surface area (TPSA) is 59.8 Å². The number of amides is 1. The van der Waals surface area contributed by atoms with E-state index in [1.165, 1.54) is 12.1 Å². The van der Waals surface area contributed by atoms with E-state index in [4.69, 9.17) is 0 Å². The highest BCUT2D eigenvalue weighted by atomic mass is 19.1. The van der Waals surface area contributed by atoms with Gasteiger partial charge in [0.25, 0.3) is 5.91 Å². The molecule has 130 valence electrons. The Balaban J connectivity index is 1.93. The summed E-state index contributed by atoms with van der Waals surface area (Å²) in [6.07, 6.45) is 1.68. The summed E-state index contributed by atoms with van der Waals surface area (Å²) in [5, 5.41) is 8.05. The molecule has 1 atom stereocenters. The summed E-state index contributed by atoms with van der Waals surface area (Å²) in [6.45, 7) is 7.77. The molecule has 0 saturated heterocycles. The summed E-state index contributed by atoms with van der Waals surface area (Å²) in [6, 6.07) is 7.80. The third-order valence-electron chi connectivity index (χ3n) is 4.15. The van der Waals surface area contributed by atoms with Crippen LogP contribution in [0.4, 0.5) is 4.39 Å². The van der Waals surface area contributed by atoms with Gasteiger partial charge in [0.2, 0.25) is 0 Å². The molecule has 0 spiro atoms.